The number of hydrogen-bond donors (Lipinski definition) is 2. The second-order valence-electron chi connectivity index (χ2n) is 6.75. The van der Waals surface area contributed by atoms with Gasteiger partial charge in [-0.2, -0.15) is 0 Å². The van der Waals surface area contributed by atoms with E-state index in [1.807, 2.05) is 13.0 Å². The molecule has 5 heteroatoms. The third-order valence-corrected chi connectivity index (χ3v) is 5.29. The Labute approximate surface area is 130 Å². The summed E-state index contributed by atoms with van der Waals surface area (Å²) in [4.78, 5) is 14.0. The fourth-order valence-corrected chi connectivity index (χ4v) is 4.11. The van der Waals surface area contributed by atoms with Gasteiger partial charge in [-0.3, -0.25) is 4.90 Å². The van der Waals surface area contributed by atoms with Crippen LogP contribution < -0.4 is 5.32 Å². The molecule has 3 aliphatic rings. The van der Waals surface area contributed by atoms with Gasteiger partial charge in [0.2, 0.25) is 0 Å². The third-order valence-electron chi connectivity index (χ3n) is 5.29. The predicted octanol–water partition coefficient (Wildman–Crippen LogP) is 1.14. The number of carbonyl (C=O) groups is 1. The summed E-state index contributed by atoms with van der Waals surface area (Å²) in [5.74, 6) is -0.252. The average Bonchev–Trinajstić information content (AvgIpc) is 3.03. The average molecular weight is 302 g/mol. The number of likely N-dealkylation sites (tertiary alicyclic amines) is 1. The summed E-state index contributed by atoms with van der Waals surface area (Å²) in [6.45, 7) is 4.99. The first-order valence-electron chi connectivity index (χ1n) is 8.08. The normalized spacial score (nSPS) is 28.5. The minimum atomic E-state index is -0.515. The van der Waals surface area contributed by atoms with Gasteiger partial charge in [0, 0.05) is 37.3 Å². The fraction of sp³-hybridized carbons (Fsp3) is 0.588. The summed E-state index contributed by atoms with van der Waals surface area (Å²) >= 11 is 0. The number of hydrogen-bond acceptors (Lipinski definition) is 5. The molecular formula is C17H22N2O3. The molecule has 4 rings (SSSR count). The van der Waals surface area contributed by atoms with Crippen LogP contribution in [0, 0.1) is 6.92 Å². The molecule has 1 aromatic carbocycles. The summed E-state index contributed by atoms with van der Waals surface area (Å²) in [5.41, 5.74) is 3.49. The first-order valence-corrected chi connectivity index (χ1v) is 8.08. The highest BCUT2D eigenvalue weighted by atomic mass is 16.5. The number of aliphatic hydroxyl groups excluding tert-OH is 1. The molecule has 22 heavy (non-hydrogen) atoms. The molecule has 2 saturated heterocycles. The quantitative estimate of drug-likeness (QED) is 0.820. The summed E-state index contributed by atoms with van der Waals surface area (Å²) in [6, 6.07) is 4.83. The standard InChI is InChI=1S/C17H22N2O3/c1-10-13(4-5-14-15(10)9-22-17(14)21)16(20)8-19-6-11-2-3-12(7-19)18-11/h4-5,11-12,16,18,20H,2-3,6-9H2,1H3/t11-,12+,16-/m0/s1. The van der Waals surface area contributed by atoms with Crippen molar-refractivity contribution in [2.24, 2.45) is 0 Å². The first kappa shape index (κ1) is 14.2. The summed E-state index contributed by atoms with van der Waals surface area (Å²) in [7, 11) is 0. The Kier molecular flexibility index (Phi) is 3.44. The van der Waals surface area contributed by atoms with Crippen LogP contribution in [0.5, 0.6) is 0 Å². The molecule has 0 aliphatic carbocycles. The van der Waals surface area contributed by atoms with Gasteiger partial charge in [0.1, 0.15) is 6.61 Å². The number of nitrogens with one attached hydrogen (secondary N) is 1. The number of benzene rings is 1. The number of aliphatic hydroxyl groups is 1. The Hall–Kier alpha value is -1.43. The number of cyclic esters (lactones) is 1. The molecule has 5 nitrogen and oxygen atoms in total. The number of ether oxygens (including phenoxy) is 1. The van der Waals surface area contributed by atoms with E-state index in [9.17, 15) is 9.90 Å². The van der Waals surface area contributed by atoms with Gasteiger partial charge in [0.05, 0.1) is 11.7 Å². The highest BCUT2D eigenvalue weighted by molar-refractivity contribution is 5.93. The Morgan fingerprint density at radius 2 is 2.09 bits per heavy atom. The summed E-state index contributed by atoms with van der Waals surface area (Å²) < 4.78 is 5.09. The van der Waals surface area contributed by atoms with Crippen molar-refractivity contribution < 1.29 is 14.6 Å². The van der Waals surface area contributed by atoms with Crippen LogP contribution in [0.2, 0.25) is 0 Å². The van der Waals surface area contributed by atoms with E-state index in [4.69, 9.17) is 4.74 Å². The Morgan fingerprint density at radius 1 is 1.36 bits per heavy atom. The van der Waals surface area contributed by atoms with Crippen LogP contribution in [0.1, 0.15) is 46.0 Å². The van der Waals surface area contributed by atoms with E-state index in [1.165, 1.54) is 12.8 Å². The maximum Gasteiger partial charge on any atom is 0.338 e. The number of rotatable bonds is 3. The van der Waals surface area contributed by atoms with Gasteiger partial charge in [0.25, 0.3) is 0 Å². The van der Waals surface area contributed by atoms with Crippen LogP contribution in [0.15, 0.2) is 12.1 Å². The van der Waals surface area contributed by atoms with E-state index < -0.39 is 6.10 Å². The SMILES string of the molecule is Cc1c([C@@H](O)CN2C[C@H]3CC[C@@H](C2)N3)ccc2c1COC2=O. The van der Waals surface area contributed by atoms with Gasteiger partial charge in [-0.05, 0) is 37.0 Å². The molecular weight excluding hydrogens is 280 g/mol. The van der Waals surface area contributed by atoms with Crippen molar-refractivity contribution >= 4 is 5.97 Å². The predicted molar refractivity (Wildman–Crippen MR) is 81.6 cm³/mol. The molecule has 0 unspecified atom stereocenters. The molecule has 2 fully saturated rings. The van der Waals surface area contributed by atoms with Crippen LogP contribution in [-0.2, 0) is 11.3 Å². The van der Waals surface area contributed by atoms with Gasteiger partial charge in [0.15, 0.2) is 0 Å². The van der Waals surface area contributed by atoms with Crippen LogP contribution in [0.25, 0.3) is 0 Å². The molecule has 0 saturated carbocycles. The molecule has 0 spiro atoms. The fourth-order valence-electron chi connectivity index (χ4n) is 4.11. The number of carbonyl (C=O) groups excluding carboxylic acids is 1. The zero-order chi connectivity index (χ0) is 15.3. The number of esters is 1. The number of piperazine rings is 1. The third kappa shape index (κ3) is 2.33. The number of nitrogens with zero attached hydrogens (tertiary/aromatic N) is 1. The highest BCUT2D eigenvalue weighted by Crippen LogP contribution is 2.30. The van der Waals surface area contributed by atoms with Crippen LogP contribution >= 0.6 is 0 Å². The minimum Gasteiger partial charge on any atom is -0.457 e. The highest BCUT2D eigenvalue weighted by Gasteiger charge is 2.33. The Balaban J connectivity index is 1.51. The molecule has 3 heterocycles. The molecule has 0 amide bonds. The molecule has 1 aromatic rings. The van der Waals surface area contributed by atoms with Crippen molar-refractivity contribution in [1.82, 2.24) is 10.2 Å². The summed E-state index contributed by atoms with van der Waals surface area (Å²) in [5, 5.41) is 14.3. The molecule has 118 valence electrons. The second-order valence-corrected chi connectivity index (χ2v) is 6.75. The van der Waals surface area contributed by atoms with Crippen molar-refractivity contribution in [3.8, 4) is 0 Å². The van der Waals surface area contributed by atoms with Gasteiger partial charge in [-0.15, -0.1) is 0 Å². The molecule has 2 bridgehead atoms. The van der Waals surface area contributed by atoms with Gasteiger partial charge in [-0.25, -0.2) is 4.79 Å². The van der Waals surface area contributed by atoms with E-state index in [1.54, 1.807) is 6.07 Å². The van der Waals surface area contributed by atoms with Crippen LogP contribution in [-0.4, -0.2) is 47.7 Å². The summed E-state index contributed by atoms with van der Waals surface area (Å²) in [6.07, 6.45) is 1.97. The lowest BCUT2D eigenvalue weighted by Gasteiger charge is -2.34. The van der Waals surface area contributed by atoms with E-state index in [0.29, 0.717) is 30.8 Å². The first-order chi connectivity index (χ1) is 10.6. The van der Waals surface area contributed by atoms with Crippen molar-refractivity contribution in [2.75, 3.05) is 19.6 Å². The number of fused-ring (bicyclic) bond motifs is 3. The van der Waals surface area contributed by atoms with E-state index in [-0.39, 0.29) is 5.97 Å². The lowest BCUT2D eigenvalue weighted by atomic mass is 9.95. The van der Waals surface area contributed by atoms with Gasteiger partial charge < -0.3 is 15.2 Å². The van der Waals surface area contributed by atoms with E-state index in [0.717, 1.165) is 29.8 Å². The Bertz CT molecular complexity index is 604. The van der Waals surface area contributed by atoms with Crippen molar-refractivity contribution in [3.63, 3.8) is 0 Å². The molecule has 0 radical (unpaired) electrons. The maximum absolute atomic E-state index is 11.6. The van der Waals surface area contributed by atoms with Crippen molar-refractivity contribution in [1.29, 1.82) is 0 Å². The minimum absolute atomic E-state index is 0.252. The van der Waals surface area contributed by atoms with Crippen LogP contribution in [0.4, 0.5) is 0 Å². The van der Waals surface area contributed by atoms with Crippen molar-refractivity contribution in [2.45, 2.75) is 44.6 Å². The zero-order valence-corrected chi connectivity index (χ0v) is 12.8. The second kappa shape index (κ2) is 5.33. The molecule has 3 aliphatic heterocycles. The van der Waals surface area contributed by atoms with Crippen molar-refractivity contribution in [3.05, 3.63) is 34.4 Å². The van der Waals surface area contributed by atoms with E-state index >= 15 is 0 Å². The lowest BCUT2D eigenvalue weighted by molar-refractivity contribution is 0.0535. The lowest BCUT2D eigenvalue weighted by Crippen LogP contribution is -2.51. The zero-order valence-electron chi connectivity index (χ0n) is 12.8. The van der Waals surface area contributed by atoms with E-state index in [2.05, 4.69) is 10.2 Å². The maximum atomic E-state index is 11.6. The molecule has 2 N–H and O–H groups in total. The Morgan fingerprint density at radius 3 is 2.82 bits per heavy atom. The molecule has 0 aromatic heterocycles. The largest absolute Gasteiger partial charge is 0.457 e. The van der Waals surface area contributed by atoms with Gasteiger partial charge >= 0.3 is 5.97 Å². The molecule has 3 atom stereocenters. The topological polar surface area (TPSA) is 61.8 Å². The smallest absolute Gasteiger partial charge is 0.338 e. The number of β-amino-alcohol motifs (C(OH)–C–C–N with tert-alkyl or cyclic N) is 1. The van der Waals surface area contributed by atoms with Crippen LogP contribution in [0.3, 0.4) is 0 Å². The van der Waals surface area contributed by atoms with Gasteiger partial charge in [-0.1, -0.05) is 6.07 Å². The monoisotopic (exact) mass is 302 g/mol.